The number of carbonyl (C=O) groups excluding carboxylic acids is 1. The number of phenols is 1. The van der Waals surface area contributed by atoms with E-state index in [-0.39, 0.29) is 11.7 Å². The summed E-state index contributed by atoms with van der Waals surface area (Å²) in [6.45, 7) is 2.43. The maximum atomic E-state index is 12.5. The van der Waals surface area contributed by atoms with Gasteiger partial charge in [0.25, 0.3) is 5.91 Å². The number of carbonyl (C=O) groups is 1. The number of hydrogen-bond acceptors (Lipinski definition) is 5. The van der Waals surface area contributed by atoms with Gasteiger partial charge in [-0.1, -0.05) is 30.3 Å². The van der Waals surface area contributed by atoms with Crippen molar-refractivity contribution in [2.24, 2.45) is 5.10 Å². The fraction of sp³-hybridized carbons (Fsp3) is 0.130. The van der Waals surface area contributed by atoms with E-state index in [2.05, 4.69) is 10.5 Å². The molecule has 0 aliphatic heterocycles. The van der Waals surface area contributed by atoms with Gasteiger partial charge in [0.1, 0.15) is 30.5 Å². The second kappa shape index (κ2) is 9.94. The Labute approximate surface area is 169 Å². The zero-order valence-corrected chi connectivity index (χ0v) is 16.0. The van der Waals surface area contributed by atoms with Crippen molar-refractivity contribution in [3.05, 3.63) is 90.0 Å². The lowest BCUT2D eigenvalue weighted by Crippen LogP contribution is -2.21. The normalized spacial score (nSPS) is 11.0. The summed E-state index contributed by atoms with van der Waals surface area (Å²) in [4.78, 5) is 12.5. The van der Waals surface area contributed by atoms with Gasteiger partial charge in [0.05, 0.1) is 11.3 Å². The van der Waals surface area contributed by atoms with Gasteiger partial charge in [0.15, 0.2) is 0 Å². The first kappa shape index (κ1) is 19.9. The minimum absolute atomic E-state index is 0.174. The summed E-state index contributed by atoms with van der Waals surface area (Å²) < 4.78 is 11.3. The summed E-state index contributed by atoms with van der Waals surface area (Å²) in [6.07, 6.45) is 0. The highest BCUT2D eigenvalue weighted by Gasteiger charge is 2.12. The molecule has 3 rings (SSSR count). The number of rotatable bonds is 8. The maximum absolute atomic E-state index is 12.5. The highest BCUT2D eigenvalue weighted by atomic mass is 16.5. The molecule has 0 aliphatic rings. The maximum Gasteiger partial charge on any atom is 0.275 e. The third-order valence-electron chi connectivity index (χ3n) is 4.09. The predicted molar refractivity (Wildman–Crippen MR) is 112 cm³/mol. The standard InChI is InChI=1S/C23H22N2O4/c1-17(18-11-13-19(26)14-12-18)24-25-23(27)21-9-5-6-10-22(21)29-16-15-28-20-7-3-2-4-8-20/h2-14,26H,15-16H2,1H3,(H,25,27)/b24-17+. The van der Waals surface area contributed by atoms with Gasteiger partial charge in [-0.3, -0.25) is 4.79 Å². The molecule has 6 nitrogen and oxygen atoms in total. The number of hydrazone groups is 1. The molecule has 3 aromatic carbocycles. The van der Waals surface area contributed by atoms with Crippen LogP contribution in [0, 0.1) is 0 Å². The Morgan fingerprint density at radius 3 is 2.31 bits per heavy atom. The van der Waals surface area contributed by atoms with Crippen LogP contribution in [-0.4, -0.2) is 29.9 Å². The van der Waals surface area contributed by atoms with Crippen molar-refractivity contribution >= 4 is 11.6 Å². The number of benzene rings is 3. The molecule has 6 heteroatoms. The van der Waals surface area contributed by atoms with Crippen LogP contribution in [0.15, 0.2) is 84.0 Å². The second-order valence-corrected chi connectivity index (χ2v) is 6.19. The van der Waals surface area contributed by atoms with E-state index in [1.165, 1.54) is 0 Å². The molecule has 29 heavy (non-hydrogen) atoms. The van der Waals surface area contributed by atoms with Gasteiger partial charge in [-0.2, -0.15) is 5.10 Å². The van der Waals surface area contributed by atoms with Crippen LogP contribution in [0.25, 0.3) is 0 Å². The molecule has 0 saturated heterocycles. The number of aromatic hydroxyl groups is 1. The van der Waals surface area contributed by atoms with Crippen LogP contribution < -0.4 is 14.9 Å². The highest BCUT2D eigenvalue weighted by molar-refractivity contribution is 6.01. The molecule has 3 aromatic rings. The van der Waals surface area contributed by atoms with Gasteiger partial charge in [0.2, 0.25) is 0 Å². The lowest BCUT2D eigenvalue weighted by molar-refractivity contribution is 0.0949. The summed E-state index contributed by atoms with van der Waals surface area (Å²) >= 11 is 0. The van der Waals surface area contributed by atoms with Crippen LogP contribution in [0.5, 0.6) is 17.2 Å². The van der Waals surface area contributed by atoms with E-state index in [4.69, 9.17) is 9.47 Å². The number of phenolic OH excluding ortho intramolecular Hbond substituents is 1. The SMILES string of the molecule is C/C(=N\NC(=O)c1ccccc1OCCOc1ccccc1)c1ccc(O)cc1. The summed E-state index contributed by atoms with van der Waals surface area (Å²) in [5.74, 6) is 1.02. The Morgan fingerprint density at radius 1 is 0.897 bits per heavy atom. The van der Waals surface area contributed by atoms with E-state index >= 15 is 0 Å². The van der Waals surface area contributed by atoms with Gasteiger partial charge < -0.3 is 14.6 Å². The van der Waals surface area contributed by atoms with E-state index in [9.17, 15) is 9.90 Å². The van der Waals surface area contributed by atoms with Gasteiger partial charge in [-0.25, -0.2) is 5.43 Å². The molecule has 0 saturated carbocycles. The molecule has 1 amide bonds. The van der Waals surface area contributed by atoms with Gasteiger partial charge in [0, 0.05) is 0 Å². The number of amides is 1. The second-order valence-electron chi connectivity index (χ2n) is 6.19. The molecule has 0 unspecified atom stereocenters. The first-order valence-corrected chi connectivity index (χ1v) is 9.17. The fourth-order valence-corrected chi connectivity index (χ4v) is 2.57. The molecule has 0 atom stereocenters. The summed E-state index contributed by atoms with van der Waals surface area (Å²) in [6, 6.07) is 23.0. The van der Waals surface area contributed by atoms with Crippen molar-refractivity contribution in [2.75, 3.05) is 13.2 Å². The van der Waals surface area contributed by atoms with E-state index in [1.54, 1.807) is 55.5 Å². The van der Waals surface area contributed by atoms with Crippen molar-refractivity contribution < 1.29 is 19.4 Å². The van der Waals surface area contributed by atoms with Crippen LogP contribution in [-0.2, 0) is 0 Å². The smallest absolute Gasteiger partial charge is 0.275 e. The van der Waals surface area contributed by atoms with Crippen molar-refractivity contribution in [2.45, 2.75) is 6.92 Å². The highest BCUT2D eigenvalue weighted by Crippen LogP contribution is 2.18. The number of nitrogens with zero attached hydrogens (tertiary/aromatic N) is 1. The number of nitrogens with one attached hydrogen (secondary N) is 1. The topological polar surface area (TPSA) is 80.2 Å². The van der Waals surface area contributed by atoms with E-state index in [0.717, 1.165) is 11.3 Å². The number of ether oxygens (including phenoxy) is 2. The Balaban J connectivity index is 1.58. The van der Waals surface area contributed by atoms with Crippen LogP contribution in [0.4, 0.5) is 0 Å². The Morgan fingerprint density at radius 2 is 1.55 bits per heavy atom. The Hall–Kier alpha value is -3.80. The lowest BCUT2D eigenvalue weighted by Gasteiger charge is -2.11. The van der Waals surface area contributed by atoms with Crippen LogP contribution in [0.3, 0.4) is 0 Å². The van der Waals surface area contributed by atoms with Gasteiger partial charge in [-0.15, -0.1) is 0 Å². The first-order valence-electron chi connectivity index (χ1n) is 9.17. The van der Waals surface area contributed by atoms with E-state index < -0.39 is 0 Å². The first-order chi connectivity index (χ1) is 14.1. The van der Waals surface area contributed by atoms with Crippen molar-refractivity contribution in [3.8, 4) is 17.2 Å². The van der Waals surface area contributed by atoms with Crippen LogP contribution >= 0.6 is 0 Å². The molecule has 0 fully saturated rings. The van der Waals surface area contributed by atoms with Gasteiger partial charge >= 0.3 is 0 Å². The van der Waals surface area contributed by atoms with Crippen molar-refractivity contribution in [1.82, 2.24) is 5.43 Å². The largest absolute Gasteiger partial charge is 0.508 e. The molecule has 0 aromatic heterocycles. The average Bonchev–Trinajstić information content (AvgIpc) is 2.76. The third kappa shape index (κ3) is 5.84. The quantitative estimate of drug-likeness (QED) is 0.346. The van der Waals surface area contributed by atoms with E-state index in [0.29, 0.717) is 30.2 Å². The summed E-state index contributed by atoms with van der Waals surface area (Å²) in [7, 11) is 0. The lowest BCUT2D eigenvalue weighted by atomic mass is 10.1. The molecule has 0 heterocycles. The molecule has 0 spiro atoms. The number of hydrogen-bond donors (Lipinski definition) is 2. The van der Waals surface area contributed by atoms with Crippen LogP contribution in [0.2, 0.25) is 0 Å². The fourth-order valence-electron chi connectivity index (χ4n) is 2.57. The van der Waals surface area contributed by atoms with Crippen molar-refractivity contribution in [1.29, 1.82) is 0 Å². The van der Waals surface area contributed by atoms with E-state index in [1.807, 2.05) is 30.3 Å². The minimum atomic E-state index is -0.372. The molecular weight excluding hydrogens is 368 g/mol. The molecule has 148 valence electrons. The third-order valence-corrected chi connectivity index (χ3v) is 4.09. The predicted octanol–water partition coefficient (Wildman–Crippen LogP) is 4.00. The Bertz CT molecular complexity index is 970. The summed E-state index contributed by atoms with van der Waals surface area (Å²) in [5.41, 5.74) is 4.34. The zero-order valence-electron chi connectivity index (χ0n) is 16.0. The number of para-hydroxylation sites is 2. The molecule has 0 aliphatic carbocycles. The Kier molecular flexibility index (Phi) is 6.84. The van der Waals surface area contributed by atoms with Crippen LogP contribution in [0.1, 0.15) is 22.8 Å². The van der Waals surface area contributed by atoms with Crippen molar-refractivity contribution in [3.63, 3.8) is 0 Å². The molecule has 0 radical (unpaired) electrons. The average molecular weight is 390 g/mol. The molecule has 2 N–H and O–H groups in total. The monoisotopic (exact) mass is 390 g/mol. The molecular formula is C23H22N2O4. The molecule has 0 bridgehead atoms. The minimum Gasteiger partial charge on any atom is -0.508 e. The van der Waals surface area contributed by atoms with Gasteiger partial charge in [-0.05, 0) is 61.0 Å². The zero-order chi connectivity index (χ0) is 20.5. The summed E-state index contributed by atoms with van der Waals surface area (Å²) in [5, 5.41) is 13.5.